The van der Waals surface area contributed by atoms with Crippen molar-refractivity contribution in [1.82, 2.24) is 5.32 Å². The standard InChI is InChI=1S/C21H19FN4O2/c1-11(20(25)27)26-21(28)15-8-9-16(23)17(18(15)22)19(24)14-7-6-12-4-2-3-5-13(12)10-14/h2-11,24H,23H2,1H3,(H2,25,27)(H,26,28)/t11-/m0/s1. The molecule has 0 spiro atoms. The predicted octanol–water partition coefficient (Wildman–Crippen LogP) is 2.58. The molecule has 0 aliphatic carbocycles. The smallest absolute Gasteiger partial charge is 0.254 e. The van der Waals surface area contributed by atoms with Crippen molar-refractivity contribution < 1.29 is 14.0 Å². The molecule has 3 aromatic carbocycles. The van der Waals surface area contributed by atoms with Crippen LogP contribution in [0.25, 0.3) is 10.8 Å². The zero-order chi connectivity index (χ0) is 20.4. The second kappa shape index (κ2) is 7.48. The summed E-state index contributed by atoms with van der Waals surface area (Å²) >= 11 is 0. The van der Waals surface area contributed by atoms with E-state index in [-0.39, 0.29) is 22.5 Å². The first-order valence-electron chi connectivity index (χ1n) is 8.56. The summed E-state index contributed by atoms with van der Waals surface area (Å²) in [5.41, 5.74) is 10.9. The van der Waals surface area contributed by atoms with Crippen molar-refractivity contribution in [2.24, 2.45) is 5.73 Å². The molecule has 1 atom stereocenters. The molecule has 3 aromatic rings. The monoisotopic (exact) mass is 378 g/mol. The quantitative estimate of drug-likeness (QED) is 0.403. The minimum Gasteiger partial charge on any atom is -0.398 e. The van der Waals surface area contributed by atoms with Crippen LogP contribution in [0.5, 0.6) is 0 Å². The minimum absolute atomic E-state index is 0.0372. The van der Waals surface area contributed by atoms with Crippen molar-refractivity contribution in [2.45, 2.75) is 13.0 Å². The first kappa shape index (κ1) is 19.0. The highest BCUT2D eigenvalue weighted by Crippen LogP contribution is 2.25. The summed E-state index contributed by atoms with van der Waals surface area (Å²) in [4.78, 5) is 23.4. The maximum atomic E-state index is 15.1. The van der Waals surface area contributed by atoms with Gasteiger partial charge in [0.2, 0.25) is 5.91 Å². The van der Waals surface area contributed by atoms with Gasteiger partial charge in [0.05, 0.1) is 16.8 Å². The van der Waals surface area contributed by atoms with E-state index >= 15 is 4.39 Å². The van der Waals surface area contributed by atoms with Crippen molar-refractivity contribution in [3.05, 3.63) is 77.1 Å². The number of nitrogen functional groups attached to an aromatic ring is 1. The molecule has 7 heteroatoms. The van der Waals surface area contributed by atoms with Gasteiger partial charge >= 0.3 is 0 Å². The van der Waals surface area contributed by atoms with Gasteiger partial charge < -0.3 is 16.8 Å². The summed E-state index contributed by atoms with van der Waals surface area (Å²) in [7, 11) is 0. The van der Waals surface area contributed by atoms with Gasteiger partial charge in [-0.3, -0.25) is 15.0 Å². The lowest BCUT2D eigenvalue weighted by Crippen LogP contribution is -2.42. The third-order valence-corrected chi connectivity index (χ3v) is 4.48. The maximum Gasteiger partial charge on any atom is 0.254 e. The fourth-order valence-corrected chi connectivity index (χ4v) is 2.86. The summed E-state index contributed by atoms with van der Waals surface area (Å²) in [5.74, 6) is -2.47. The van der Waals surface area contributed by atoms with Crippen molar-refractivity contribution in [3.8, 4) is 0 Å². The molecule has 28 heavy (non-hydrogen) atoms. The number of rotatable bonds is 5. The molecule has 0 saturated carbocycles. The Kier molecular flexibility index (Phi) is 5.08. The number of nitrogens with one attached hydrogen (secondary N) is 2. The summed E-state index contributed by atoms with van der Waals surface area (Å²) in [6, 6.07) is 14.5. The summed E-state index contributed by atoms with van der Waals surface area (Å²) in [6.07, 6.45) is 0. The molecule has 0 fully saturated rings. The zero-order valence-electron chi connectivity index (χ0n) is 15.1. The number of benzene rings is 3. The van der Waals surface area contributed by atoms with E-state index in [9.17, 15) is 9.59 Å². The second-order valence-corrected chi connectivity index (χ2v) is 6.43. The van der Waals surface area contributed by atoms with Gasteiger partial charge in [-0.25, -0.2) is 4.39 Å². The van der Waals surface area contributed by atoms with E-state index in [2.05, 4.69) is 5.32 Å². The first-order chi connectivity index (χ1) is 13.3. The van der Waals surface area contributed by atoms with Gasteiger partial charge in [-0.05, 0) is 35.9 Å². The highest BCUT2D eigenvalue weighted by atomic mass is 19.1. The molecule has 142 valence electrons. The molecule has 2 amide bonds. The lowest BCUT2D eigenvalue weighted by Gasteiger charge is -2.15. The summed E-state index contributed by atoms with van der Waals surface area (Å²) < 4.78 is 15.1. The van der Waals surface area contributed by atoms with Crippen LogP contribution in [-0.2, 0) is 4.79 Å². The molecule has 3 rings (SSSR count). The van der Waals surface area contributed by atoms with E-state index in [1.54, 1.807) is 12.1 Å². The molecular formula is C21H19FN4O2. The van der Waals surface area contributed by atoms with Crippen LogP contribution in [0.15, 0.2) is 54.6 Å². The Morgan fingerprint density at radius 1 is 1.07 bits per heavy atom. The number of carbonyl (C=O) groups is 2. The number of amides is 2. The number of primary amides is 1. The zero-order valence-corrected chi connectivity index (χ0v) is 15.1. The number of halogens is 1. The largest absolute Gasteiger partial charge is 0.398 e. The Morgan fingerprint density at radius 3 is 2.43 bits per heavy atom. The number of fused-ring (bicyclic) bond motifs is 1. The molecular weight excluding hydrogens is 359 g/mol. The molecule has 0 heterocycles. The molecule has 6 nitrogen and oxygen atoms in total. The maximum absolute atomic E-state index is 15.1. The van der Waals surface area contributed by atoms with Crippen LogP contribution in [0.1, 0.15) is 28.4 Å². The third kappa shape index (κ3) is 3.55. The fourth-order valence-electron chi connectivity index (χ4n) is 2.86. The summed E-state index contributed by atoms with van der Waals surface area (Å²) in [6.45, 7) is 1.40. The van der Waals surface area contributed by atoms with Gasteiger partial charge in [-0.2, -0.15) is 0 Å². The van der Waals surface area contributed by atoms with Gasteiger partial charge in [0, 0.05) is 11.3 Å². The van der Waals surface area contributed by atoms with Crippen LogP contribution in [0.2, 0.25) is 0 Å². The molecule has 0 saturated heterocycles. The molecule has 0 radical (unpaired) electrons. The van der Waals surface area contributed by atoms with Crippen LogP contribution in [0, 0.1) is 11.2 Å². The molecule has 0 aliphatic rings. The number of anilines is 1. The van der Waals surface area contributed by atoms with Crippen molar-refractivity contribution in [1.29, 1.82) is 5.41 Å². The Bertz CT molecular complexity index is 1110. The SMILES string of the molecule is C[C@H](NC(=O)c1ccc(N)c(C(=N)c2ccc3ccccc3c2)c1F)C(N)=O. The molecule has 0 bridgehead atoms. The highest BCUT2D eigenvalue weighted by Gasteiger charge is 2.23. The lowest BCUT2D eigenvalue weighted by molar-refractivity contribution is -0.119. The van der Waals surface area contributed by atoms with Gasteiger partial charge in [0.15, 0.2) is 0 Å². The Morgan fingerprint density at radius 2 is 1.75 bits per heavy atom. The normalized spacial score (nSPS) is 11.8. The number of nitrogens with two attached hydrogens (primary N) is 2. The molecule has 0 aromatic heterocycles. The van der Waals surface area contributed by atoms with Crippen LogP contribution < -0.4 is 16.8 Å². The highest BCUT2D eigenvalue weighted by molar-refractivity contribution is 6.16. The van der Waals surface area contributed by atoms with Gasteiger partial charge in [-0.15, -0.1) is 0 Å². The van der Waals surface area contributed by atoms with E-state index in [0.717, 1.165) is 10.8 Å². The van der Waals surface area contributed by atoms with E-state index in [0.29, 0.717) is 5.56 Å². The lowest BCUT2D eigenvalue weighted by atomic mass is 9.96. The number of hydrogen-bond acceptors (Lipinski definition) is 4. The second-order valence-electron chi connectivity index (χ2n) is 6.43. The van der Waals surface area contributed by atoms with Crippen LogP contribution in [0.4, 0.5) is 10.1 Å². The van der Waals surface area contributed by atoms with Crippen LogP contribution in [-0.4, -0.2) is 23.6 Å². The topological polar surface area (TPSA) is 122 Å². The predicted molar refractivity (Wildman–Crippen MR) is 107 cm³/mol. The third-order valence-electron chi connectivity index (χ3n) is 4.48. The van der Waals surface area contributed by atoms with Crippen molar-refractivity contribution >= 4 is 34.0 Å². The van der Waals surface area contributed by atoms with E-state index in [1.807, 2.05) is 30.3 Å². The molecule has 6 N–H and O–H groups in total. The van der Waals surface area contributed by atoms with Crippen LogP contribution >= 0.6 is 0 Å². The summed E-state index contributed by atoms with van der Waals surface area (Å²) in [5, 5.41) is 12.7. The average molecular weight is 378 g/mol. The number of carbonyl (C=O) groups excluding carboxylic acids is 2. The Labute approximate surface area is 160 Å². The van der Waals surface area contributed by atoms with Crippen molar-refractivity contribution in [3.63, 3.8) is 0 Å². The Balaban J connectivity index is 2.01. The van der Waals surface area contributed by atoms with Gasteiger partial charge in [0.1, 0.15) is 11.9 Å². The Hall–Kier alpha value is -3.74. The number of hydrogen-bond donors (Lipinski definition) is 4. The van der Waals surface area contributed by atoms with E-state index in [1.165, 1.54) is 19.1 Å². The van der Waals surface area contributed by atoms with E-state index in [4.69, 9.17) is 16.9 Å². The van der Waals surface area contributed by atoms with Gasteiger partial charge in [-0.1, -0.05) is 36.4 Å². The van der Waals surface area contributed by atoms with Gasteiger partial charge in [0.25, 0.3) is 5.91 Å². The molecule has 0 aliphatic heterocycles. The fraction of sp³-hybridized carbons (Fsp3) is 0.0952. The average Bonchev–Trinajstić information content (AvgIpc) is 2.67. The van der Waals surface area contributed by atoms with Crippen LogP contribution in [0.3, 0.4) is 0 Å². The molecule has 0 unspecified atom stereocenters. The van der Waals surface area contributed by atoms with E-state index < -0.39 is 23.7 Å². The minimum atomic E-state index is -0.965. The van der Waals surface area contributed by atoms with Crippen molar-refractivity contribution in [2.75, 3.05) is 5.73 Å². The first-order valence-corrected chi connectivity index (χ1v) is 8.56.